The predicted octanol–water partition coefficient (Wildman–Crippen LogP) is 2.77. The van der Waals surface area contributed by atoms with Gasteiger partial charge in [-0.2, -0.15) is 0 Å². The molecule has 1 aliphatic carbocycles. The summed E-state index contributed by atoms with van der Waals surface area (Å²) in [6.07, 6.45) is 3.51. The zero-order valence-corrected chi connectivity index (χ0v) is 23.8. The van der Waals surface area contributed by atoms with Crippen LogP contribution in [0.4, 0.5) is 10.8 Å². The molecule has 208 valence electrons. The molecule has 0 unspecified atom stereocenters. The van der Waals surface area contributed by atoms with Gasteiger partial charge in [0.2, 0.25) is 0 Å². The van der Waals surface area contributed by atoms with Crippen molar-refractivity contribution in [2.45, 2.75) is 35.5 Å². The highest BCUT2D eigenvalue weighted by Gasteiger charge is 2.37. The van der Waals surface area contributed by atoms with E-state index in [-0.39, 0.29) is 22.0 Å². The number of carbonyl (C=O) groups excluding carboxylic acids is 1. The Morgan fingerprint density at radius 1 is 1.15 bits per heavy atom. The van der Waals surface area contributed by atoms with Gasteiger partial charge in [-0.1, -0.05) is 28.6 Å². The van der Waals surface area contributed by atoms with Crippen molar-refractivity contribution in [2.24, 2.45) is 5.16 Å². The monoisotopic (exact) mass is 572 g/mol. The molecule has 1 amide bonds. The van der Waals surface area contributed by atoms with Gasteiger partial charge in [0.15, 0.2) is 26.8 Å². The summed E-state index contributed by atoms with van der Waals surface area (Å²) in [5.74, 6) is -0.520. The zero-order valence-electron chi connectivity index (χ0n) is 22.2. The molecular weight excluding hydrogens is 540 g/mol. The molecule has 1 atom stereocenters. The lowest BCUT2D eigenvalue weighted by molar-refractivity contribution is -0.110. The van der Waals surface area contributed by atoms with Gasteiger partial charge >= 0.3 is 0 Å². The summed E-state index contributed by atoms with van der Waals surface area (Å²) >= 11 is 1.27. The fourth-order valence-electron chi connectivity index (χ4n) is 4.13. The zero-order chi connectivity index (χ0) is 27.6. The van der Waals surface area contributed by atoms with Gasteiger partial charge in [-0.15, -0.1) is 0 Å². The van der Waals surface area contributed by atoms with Crippen molar-refractivity contribution >= 4 is 54.0 Å². The molecule has 1 saturated heterocycles. The van der Waals surface area contributed by atoms with E-state index in [0.29, 0.717) is 53.5 Å². The SMILES string of the molecule is CN(C)CCN(C)c1ccnc2sc(NC(=O)C(=NO[C@@H]3CCOC3)c3ccc(S(=O)(=O)C4CC4)cc3)nc12. The maximum Gasteiger partial charge on any atom is 0.280 e. The number of hydrogen-bond donors (Lipinski definition) is 1. The standard InChI is InChI=1S/C26H32N6O5S2/c1-31(2)13-14-32(3)21-10-12-27-25-23(21)28-26(38-25)29-24(33)22(30-37-18-11-15-36-16-18)17-4-6-19(7-5-17)39(34,35)20-8-9-20/h4-7,10,12,18,20H,8-9,11,13-16H2,1-3H3,(H,28,29,33)/t18-/m1/s1. The Labute approximate surface area is 231 Å². The van der Waals surface area contributed by atoms with E-state index in [1.807, 2.05) is 27.2 Å². The first-order valence-corrected chi connectivity index (χ1v) is 15.2. The smallest absolute Gasteiger partial charge is 0.280 e. The number of hydrogen-bond acceptors (Lipinski definition) is 11. The van der Waals surface area contributed by atoms with E-state index in [9.17, 15) is 13.2 Å². The normalized spacial score (nSPS) is 18.1. The number of pyridine rings is 1. The highest BCUT2D eigenvalue weighted by Crippen LogP contribution is 2.34. The molecule has 1 N–H and O–H groups in total. The van der Waals surface area contributed by atoms with Crippen LogP contribution in [0.25, 0.3) is 10.3 Å². The van der Waals surface area contributed by atoms with Gasteiger partial charge in [0.1, 0.15) is 10.3 Å². The molecule has 1 aliphatic heterocycles. The van der Waals surface area contributed by atoms with Crippen molar-refractivity contribution in [2.75, 3.05) is 57.7 Å². The lowest BCUT2D eigenvalue weighted by Gasteiger charge is -2.21. The van der Waals surface area contributed by atoms with Crippen molar-refractivity contribution < 1.29 is 22.8 Å². The lowest BCUT2D eigenvalue weighted by Crippen LogP contribution is -2.28. The Morgan fingerprint density at radius 3 is 2.59 bits per heavy atom. The van der Waals surface area contributed by atoms with Crippen LogP contribution in [0.15, 0.2) is 46.6 Å². The van der Waals surface area contributed by atoms with Crippen LogP contribution >= 0.6 is 11.3 Å². The van der Waals surface area contributed by atoms with Crippen LogP contribution in [0, 0.1) is 0 Å². The number of rotatable bonds is 11. The van der Waals surface area contributed by atoms with Crippen LogP contribution in [0.3, 0.4) is 0 Å². The maximum atomic E-state index is 13.4. The topological polar surface area (TPSA) is 126 Å². The molecule has 3 heterocycles. The minimum atomic E-state index is -3.35. The van der Waals surface area contributed by atoms with Crippen LogP contribution in [-0.2, 0) is 24.2 Å². The number of nitrogens with zero attached hydrogens (tertiary/aromatic N) is 5. The molecule has 1 saturated carbocycles. The van der Waals surface area contributed by atoms with E-state index in [2.05, 4.69) is 30.2 Å². The molecule has 3 aromatic rings. The molecule has 13 heteroatoms. The van der Waals surface area contributed by atoms with E-state index in [1.165, 1.54) is 23.5 Å². The fourth-order valence-corrected chi connectivity index (χ4v) is 6.61. The average molecular weight is 573 g/mol. The molecule has 1 aromatic carbocycles. The Kier molecular flexibility index (Phi) is 8.12. The Bertz CT molecular complexity index is 1460. The molecule has 2 fully saturated rings. The second-order valence-electron chi connectivity index (χ2n) is 9.98. The third-order valence-corrected chi connectivity index (χ3v) is 9.76. The van der Waals surface area contributed by atoms with E-state index in [1.54, 1.807) is 18.3 Å². The minimum absolute atomic E-state index is 0.0211. The van der Waals surface area contributed by atoms with Gasteiger partial charge in [0.05, 0.1) is 29.0 Å². The van der Waals surface area contributed by atoms with Crippen molar-refractivity contribution in [1.29, 1.82) is 0 Å². The van der Waals surface area contributed by atoms with Crippen molar-refractivity contribution in [1.82, 2.24) is 14.9 Å². The minimum Gasteiger partial charge on any atom is -0.389 e. The van der Waals surface area contributed by atoms with Crippen LogP contribution < -0.4 is 10.2 Å². The highest BCUT2D eigenvalue weighted by molar-refractivity contribution is 7.92. The maximum absolute atomic E-state index is 13.4. The molecule has 39 heavy (non-hydrogen) atoms. The van der Waals surface area contributed by atoms with Crippen molar-refractivity contribution in [3.05, 3.63) is 42.1 Å². The Morgan fingerprint density at radius 2 is 1.92 bits per heavy atom. The number of benzene rings is 1. The molecule has 2 aliphatic rings. The predicted molar refractivity (Wildman–Crippen MR) is 151 cm³/mol. The first kappa shape index (κ1) is 27.4. The van der Waals surface area contributed by atoms with Crippen molar-refractivity contribution in [3.8, 4) is 0 Å². The number of oxime groups is 1. The third kappa shape index (κ3) is 6.38. The average Bonchev–Trinajstić information content (AvgIpc) is 3.51. The third-order valence-electron chi connectivity index (χ3n) is 6.61. The fraction of sp³-hybridized carbons (Fsp3) is 0.462. The summed E-state index contributed by atoms with van der Waals surface area (Å²) in [7, 11) is 2.70. The summed E-state index contributed by atoms with van der Waals surface area (Å²) in [5.41, 5.74) is 2.08. The Hall–Kier alpha value is -3.13. The molecule has 0 bridgehead atoms. The number of ether oxygens (including phenoxy) is 1. The summed E-state index contributed by atoms with van der Waals surface area (Å²) < 4.78 is 30.6. The highest BCUT2D eigenvalue weighted by atomic mass is 32.2. The van der Waals surface area contributed by atoms with Gasteiger partial charge in [-0.05, 0) is 45.1 Å². The summed E-state index contributed by atoms with van der Waals surface area (Å²) in [6, 6.07) is 8.11. The second kappa shape index (κ2) is 11.5. The molecule has 11 nitrogen and oxygen atoms in total. The van der Waals surface area contributed by atoms with E-state index in [4.69, 9.17) is 9.57 Å². The number of aromatic nitrogens is 2. The van der Waals surface area contributed by atoms with Crippen LogP contribution in [0.2, 0.25) is 0 Å². The molecule has 0 radical (unpaired) electrons. The quantitative estimate of drug-likeness (QED) is 0.273. The van der Waals surface area contributed by atoms with Gasteiger partial charge in [0.25, 0.3) is 5.91 Å². The van der Waals surface area contributed by atoms with Crippen LogP contribution in [0.5, 0.6) is 0 Å². The number of nitrogens with one attached hydrogen (secondary N) is 1. The molecule has 2 aromatic heterocycles. The summed E-state index contributed by atoms with van der Waals surface area (Å²) in [6.45, 7) is 2.64. The Balaban J connectivity index is 1.39. The molecule has 0 spiro atoms. The number of carbonyl (C=O) groups is 1. The molecule has 5 rings (SSSR count). The largest absolute Gasteiger partial charge is 0.389 e. The lowest BCUT2D eigenvalue weighted by atomic mass is 10.1. The van der Waals surface area contributed by atoms with Crippen LogP contribution in [0.1, 0.15) is 24.8 Å². The van der Waals surface area contributed by atoms with Crippen LogP contribution in [-0.4, -0.2) is 93.7 Å². The van der Waals surface area contributed by atoms with E-state index >= 15 is 0 Å². The van der Waals surface area contributed by atoms with Gasteiger partial charge in [-0.3, -0.25) is 10.1 Å². The van der Waals surface area contributed by atoms with E-state index in [0.717, 1.165) is 18.8 Å². The number of amides is 1. The van der Waals surface area contributed by atoms with Gasteiger partial charge in [0, 0.05) is 38.3 Å². The first-order chi connectivity index (χ1) is 18.7. The number of fused-ring (bicyclic) bond motifs is 1. The van der Waals surface area contributed by atoms with Crippen molar-refractivity contribution in [3.63, 3.8) is 0 Å². The number of thiazole rings is 1. The first-order valence-electron chi connectivity index (χ1n) is 12.8. The van der Waals surface area contributed by atoms with E-state index < -0.39 is 15.7 Å². The molecular formula is C26H32N6O5S2. The summed E-state index contributed by atoms with van der Waals surface area (Å²) in [5, 5.41) is 7.07. The van der Waals surface area contributed by atoms with Gasteiger partial charge < -0.3 is 19.4 Å². The second-order valence-corrected chi connectivity index (χ2v) is 13.2. The van der Waals surface area contributed by atoms with Gasteiger partial charge in [-0.25, -0.2) is 18.4 Å². The number of sulfone groups is 1. The summed E-state index contributed by atoms with van der Waals surface area (Å²) in [4.78, 5) is 33.3. The number of anilines is 2. The number of likely N-dealkylation sites (N-methyl/N-ethyl adjacent to an activating group) is 2.